The first-order chi connectivity index (χ1) is 37.5. The molecule has 2 unspecified atom stereocenters. The molecule has 19 nitrogen and oxygen atoms in total. The number of thioether (sulfide) groups is 1. The summed E-state index contributed by atoms with van der Waals surface area (Å²) in [4.78, 5) is 126. The quantitative estimate of drug-likeness (QED) is 0.0538. The van der Waals surface area contributed by atoms with Crippen LogP contribution in [0.5, 0.6) is 0 Å². The number of methoxy groups -OCH3 is 2. The zero-order valence-electron chi connectivity index (χ0n) is 48.6. The number of carbonyl (C=O) groups excluding carboxylic acids is 8. The molecule has 2 heterocycles. The van der Waals surface area contributed by atoms with Crippen molar-refractivity contribution in [2.45, 2.75) is 173 Å². The molecule has 2 fully saturated rings. The molecule has 4 rings (SSSR count). The topological polar surface area (TPSA) is 239 Å². The van der Waals surface area contributed by atoms with Gasteiger partial charge in [0.05, 0.1) is 41.9 Å². The number of carboxylic acid groups (broad SMARTS) is 1. The summed E-state index contributed by atoms with van der Waals surface area (Å²) in [6.07, 6.45) is 4.27. The number of carbonyl (C=O) groups is 9. The van der Waals surface area contributed by atoms with Gasteiger partial charge >= 0.3 is 12.1 Å². The van der Waals surface area contributed by atoms with E-state index in [1.807, 2.05) is 52.1 Å². The van der Waals surface area contributed by atoms with Crippen molar-refractivity contribution in [2.24, 2.45) is 23.7 Å². The number of Topliss-reactive ketones (excluding diaryl/α,β-unsaturated/α-hetero) is 1. The van der Waals surface area contributed by atoms with E-state index in [1.165, 1.54) is 42.8 Å². The molecule has 0 saturated carbocycles. The molecule has 10 atom stereocenters. The van der Waals surface area contributed by atoms with Crippen LogP contribution >= 0.6 is 11.8 Å². The van der Waals surface area contributed by atoms with E-state index in [4.69, 9.17) is 14.2 Å². The Balaban J connectivity index is 1.34. The van der Waals surface area contributed by atoms with E-state index >= 15 is 0 Å². The van der Waals surface area contributed by atoms with E-state index < -0.39 is 78.1 Å². The van der Waals surface area contributed by atoms with Crippen molar-refractivity contribution in [3.05, 3.63) is 71.3 Å². The number of unbranched alkanes of at least 4 members (excludes halogenated alkanes) is 2. The Morgan fingerprint density at radius 2 is 1.47 bits per heavy atom. The smallest absolute Gasteiger partial charge is 0.410 e. The highest BCUT2D eigenvalue weighted by Crippen LogP contribution is 2.30. The molecule has 2 aliphatic heterocycles. The monoisotopic (exact) mass is 1120 g/mol. The van der Waals surface area contributed by atoms with Gasteiger partial charge in [-0.2, -0.15) is 11.8 Å². The maximum Gasteiger partial charge on any atom is 0.410 e. The second-order valence-corrected chi connectivity index (χ2v) is 23.0. The first-order valence-corrected chi connectivity index (χ1v) is 29.1. The van der Waals surface area contributed by atoms with Gasteiger partial charge in [-0.25, -0.2) is 9.59 Å². The van der Waals surface area contributed by atoms with Gasteiger partial charge in [0.2, 0.25) is 35.4 Å². The third kappa shape index (κ3) is 18.3. The standard InChI is InChI=1S/C59H88N6O13S/c1-13-38(6)52(46(76-10)33-48(67)64-30-20-24-45(64)53(77-11)39(7)54(69)60-44(58(73)74)32-40-21-16-14-17-22-40)62(8)57(72)50(36(2)3)61-55(70)51(37(4)5)63(9)59(75)78-35-42-27-25-41(26-28-42)31-43(66)23-18-15-19-29-65-49(68)34-47(79-12)56(65)71/h14,16-17,21-22,25-28,36-39,44-47,50-53H,13,15,18-20,23-24,29-35H2,1-12H3,(H,60,69)(H,61,70)(H,73,74)/t38-,39+,44-,45-,46+,47?,50-,51?,52-,53+/m0/s1. The second-order valence-electron chi connectivity index (χ2n) is 21.9. The summed E-state index contributed by atoms with van der Waals surface area (Å²) in [5.41, 5.74) is 2.25. The molecule has 7 amide bonds. The van der Waals surface area contributed by atoms with Crippen molar-refractivity contribution in [2.75, 3.05) is 47.7 Å². The maximum atomic E-state index is 14.7. The number of aliphatic carboxylic acids is 1. The van der Waals surface area contributed by atoms with Crippen molar-refractivity contribution < 1.29 is 62.5 Å². The SMILES string of the molecule is CC[C@H](C)[C@@H]([C@@H](CC(=O)N1CCC[C@H]1[C@H](OC)[C@@H](C)C(=O)N[C@@H](Cc1ccccc1)C(=O)O)OC)N(C)C(=O)[C@@H](NC(=O)C(C(C)C)N(C)C(=O)OCc1ccc(CC(=O)CCCCCN2C(=O)CC(SC)C2=O)cc1)C(C)C. The third-order valence-corrected chi connectivity index (χ3v) is 16.5. The summed E-state index contributed by atoms with van der Waals surface area (Å²) in [5.74, 6) is -4.82. The normalized spacial score (nSPS) is 18.6. The van der Waals surface area contributed by atoms with Crippen LogP contribution in [0, 0.1) is 23.7 Å². The Kier molecular flexibility index (Phi) is 26.4. The summed E-state index contributed by atoms with van der Waals surface area (Å²) in [6.45, 7) is 13.5. The minimum Gasteiger partial charge on any atom is -0.480 e. The van der Waals surface area contributed by atoms with Gasteiger partial charge in [-0.15, -0.1) is 0 Å². The Hall–Kier alpha value is -5.86. The molecule has 438 valence electrons. The minimum atomic E-state index is -1.17. The highest BCUT2D eigenvalue weighted by molar-refractivity contribution is 8.00. The summed E-state index contributed by atoms with van der Waals surface area (Å²) in [6, 6.07) is 11.9. The van der Waals surface area contributed by atoms with Gasteiger partial charge in [0.15, 0.2) is 0 Å². The lowest BCUT2D eigenvalue weighted by molar-refractivity contribution is -0.148. The molecule has 0 bridgehead atoms. The largest absolute Gasteiger partial charge is 0.480 e. The number of nitrogens with zero attached hydrogens (tertiary/aromatic N) is 4. The zero-order valence-corrected chi connectivity index (χ0v) is 49.4. The van der Waals surface area contributed by atoms with Gasteiger partial charge in [0.25, 0.3) is 0 Å². The fourth-order valence-electron chi connectivity index (χ4n) is 10.8. The lowest BCUT2D eigenvalue weighted by Gasteiger charge is -2.41. The van der Waals surface area contributed by atoms with Crippen LogP contribution in [0.2, 0.25) is 0 Å². The van der Waals surface area contributed by atoms with Gasteiger partial charge < -0.3 is 39.8 Å². The Bertz CT molecular complexity index is 2370. The molecular formula is C59H88N6O13S. The van der Waals surface area contributed by atoms with Gasteiger partial charge in [-0.3, -0.25) is 43.4 Å². The van der Waals surface area contributed by atoms with Gasteiger partial charge in [-0.1, -0.05) is 116 Å². The lowest BCUT2D eigenvalue weighted by Crippen LogP contribution is -2.60. The molecule has 0 radical (unpaired) electrons. The number of ketones is 1. The number of likely N-dealkylation sites (N-methyl/N-ethyl adjacent to an activating group) is 2. The lowest BCUT2D eigenvalue weighted by atomic mass is 9.89. The number of likely N-dealkylation sites (tertiary alicyclic amines) is 2. The van der Waals surface area contributed by atoms with Gasteiger partial charge in [0, 0.05) is 67.1 Å². The average Bonchev–Trinajstić information content (AvgIpc) is 4.01. The number of imide groups is 1. The second kappa shape index (κ2) is 31.8. The van der Waals surface area contributed by atoms with E-state index in [0.717, 1.165) is 17.5 Å². The Labute approximate surface area is 471 Å². The highest BCUT2D eigenvalue weighted by atomic mass is 32.2. The van der Waals surface area contributed by atoms with Crippen molar-refractivity contribution in [1.82, 2.24) is 30.2 Å². The Morgan fingerprint density at radius 3 is 2.04 bits per heavy atom. The van der Waals surface area contributed by atoms with Crippen LogP contribution in [0.1, 0.15) is 123 Å². The van der Waals surface area contributed by atoms with Crippen molar-refractivity contribution >= 4 is 65.1 Å². The minimum absolute atomic E-state index is 0.0696. The Morgan fingerprint density at radius 1 is 0.810 bits per heavy atom. The number of hydrogen-bond donors (Lipinski definition) is 3. The number of amides is 7. The maximum absolute atomic E-state index is 14.7. The van der Waals surface area contributed by atoms with E-state index in [9.17, 15) is 48.3 Å². The third-order valence-electron chi connectivity index (χ3n) is 15.6. The number of carboxylic acids is 1. The van der Waals surface area contributed by atoms with Crippen LogP contribution in [0.3, 0.4) is 0 Å². The zero-order chi connectivity index (χ0) is 58.7. The van der Waals surface area contributed by atoms with E-state index in [-0.39, 0.29) is 78.8 Å². The van der Waals surface area contributed by atoms with Gasteiger partial charge in [0.1, 0.15) is 30.5 Å². The predicted molar refractivity (Wildman–Crippen MR) is 301 cm³/mol. The molecule has 2 saturated heterocycles. The van der Waals surface area contributed by atoms with Crippen molar-refractivity contribution in [1.29, 1.82) is 0 Å². The predicted octanol–water partition coefficient (Wildman–Crippen LogP) is 6.32. The number of rotatable bonds is 32. The fraction of sp³-hybridized carbons (Fsp3) is 0.644. The van der Waals surface area contributed by atoms with Crippen LogP contribution < -0.4 is 10.6 Å². The molecule has 0 aromatic heterocycles. The molecule has 2 aromatic rings. The van der Waals surface area contributed by atoms with E-state index in [0.29, 0.717) is 57.2 Å². The molecule has 2 aliphatic rings. The molecular weight excluding hydrogens is 1030 g/mol. The van der Waals surface area contributed by atoms with Crippen LogP contribution in [-0.4, -0.2) is 173 Å². The molecule has 0 aliphatic carbocycles. The summed E-state index contributed by atoms with van der Waals surface area (Å²) in [7, 11) is 6.08. The molecule has 3 N–H and O–H groups in total. The van der Waals surface area contributed by atoms with Crippen LogP contribution in [0.25, 0.3) is 0 Å². The summed E-state index contributed by atoms with van der Waals surface area (Å²) >= 11 is 1.39. The number of hydrogen-bond acceptors (Lipinski definition) is 13. The number of ether oxygens (including phenoxy) is 3. The average molecular weight is 1120 g/mol. The van der Waals surface area contributed by atoms with E-state index in [2.05, 4.69) is 10.6 Å². The summed E-state index contributed by atoms with van der Waals surface area (Å²) < 4.78 is 17.6. The van der Waals surface area contributed by atoms with Crippen LogP contribution in [-0.2, 0) is 72.0 Å². The van der Waals surface area contributed by atoms with Gasteiger partial charge in [-0.05, 0) is 66.4 Å². The van der Waals surface area contributed by atoms with Crippen LogP contribution in [0.4, 0.5) is 4.79 Å². The first-order valence-electron chi connectivity index (χ1n) is 27.8. The molecule has 79 heavy (non-hydrogen) atoms. The number of nitrogens with one attached hydrogen (secondary N) is 2. The first kappa shape index (κ1) is 65.7. The van der Waals surface area contributed by atoms with Crippen molar-refractivity contribution in [3.63, 3.8) is 0 Å². The summed E-state index contributed by atoms with van der Waals surface area (Å²) in [5, 5.41) is 15.3. The van der Waals surface area contributed by atoms with E-state index in [1.54, 1.807) is 74.0 Å². The molecule has 2 aromatic carbocycles. The fourth-order valence-corrected chi connectivity index (χ4v) is 11.5. The van der Waals surface area contributed by atoms with Crippen molar-refractivity contribution in [3.8, 4) is 0 Å². The number of benzene rings is 2. The molecule has 20 heteroatoms. The van der Waals surface area contributed by atoms with Crippen LogP contribution in [0.15, 0.2) is 54.6 Å². The molecule has 0 spiro atoms. The highest BCUT2D eigenvalue weighted by Gasteiger charge is 2.44.